The highest BCUT2D eigenvalue weighted by Gasteiger charge is 2.19. The summed E-state index contributed by atoms with van der Waals surface area (Å²) < 4.78 is 7.40. The van der Waals surface area contributed by atoms with Crippen molar-refractivity contribution in [3.63, 3.8) is 0 Å². The minimum atomic E-state index is 0.531. The summed E-state index contributed by atoms with van der Waals surface area (Å²) in [6, 6.07) is 15.0. The summed E-state index contributed by atoms with van der Waals surface area (Å²) in [7, 11) is 2.08. The van der Waals surface area contributed by atoms with Gasteiger partial charge in [-0.2, -0.15) is 5.10 Å². The normalized spacial score (nSPS) is 16.1. The van der Waals surface area contributed by atoms with Crippen LogP contribution in [0.2, 0.25) is 0 Å². The van der Waals surface area contributed by atoms with Crippen LogP contribution in [0.25, 0.3) is 0 Å². The van der Waals surface area contributed by atoms with Crippen molar-refractivity contribution >= 4 is 0 Å². The molecule has 0 aliphatic carbocycles. The molecule has 3 aromatic rings. The lowest BCUT2D eigenvalue weighted by atomic mass is 10.0. The molecular weight excluding hydrogens is 350 g/mol. The van der Waals surface area contributed by atoms with Gasteiger partial charge in [0.05, 0.1) is 24.1 Å². The fourth-order valence-electron chi connectivity index (χ4n) is 4.02. The molecule has 0 radical (unpaired) electrons. The second-order valence-electron chi connectivity index (χ2n) is 7.90. The van der Waals surface area contributed by atoms with Crippen LogP contribution in [0.15, 0.2) is 53.2 Å². The molecule has 6 nitrogen and oxygen atoms in total. The molecule has 0 amide bonds. The largest absolute Gasteiger partial charge is 0.360 e. The van der Waals surface area contributed by atoms with Gasteiger partial charge >= 0.3 is 0 Å². The first-order valence-electron chi connectivity index (χ1n) is 10.1. The van der Waals surface area contributed by atoms with Crippen LogP contribution < -0.4 is 0 Å². The van der Waals surface area contributed by atoms with Crippen LogP contribution in [0.4, 0.5) is 0 Å². The van der Waals surface area contributed by atoms with Gasteiger partial charge in [-0.3, -0.25) is 14.5 Å². The number of hydrogen-bond acceptors (Lipinski definition) is 5. The van der Waals surface area contributed by atoms with E-state index in [-0.39, 0.29) is 0 Å². The van der Waals surface area contributed by atoms with Gasteiger partial charge in [0.25, 0.3) is 0 Å². The minimum absolute atomic E-state index is 0.531. The zero-order valence-electron chi connectivity index (χ0n) is 16.8. The standard InChI is InChI=1S/C22H29N5O/c1-18(19-7-4-3-5-8-19)14-26-11-6-12-27-21(16-26)13-20(24-27)15-25(2)17-22-9-10-23-28-22/h3-5,7-10,13,18H,6,11-12,14-17H2,1-2H3. The fourth-order valence-corrected chi connectivity index (χ4v) is 4.02. The van der Waals surface area contributed by atoms with Gasteiger partial charge in [0.1, 0.15) is 0 Å². The molecular formula is C22H29N5O. The minimum Gasteiger partial charge on any atom is -0.360 e. The highest BCUT2D eigenvalue weighted by atomic mass is 16.5. The Morgan fingerprint density at radius 1 is 1.14 bits per heavy atom. The van der Waals surface area contributed by atoms with Crippen molar-refractivity contribution in [2.75, 3.05) is 20.1 Å². The van der Waals surface area contributed by atoms with Gasteiger partial charge in [-0.05, 0) is 31.0 Å². The molecule has 0 spiro atoms. The Morgan fingerprint density at radius 3 is 2.79 bits per heavy atom. The summed E-state index contributed by atoms with van der Waals surface area (Å²) in [6.07, 6.45) is 2.83. The van der Waals surface area contributed by atoms with E-state index in [1.165, 1.54) is 11.3 Å². The van der Waals surface area contributed by atoms with Gasteiger partial charge in [0, 0.05) is 38.8 Å². The van der Waals surface area contributed by atoms with Crippen LogP contribution in [-0.2, 0) is 26.2 Å². The maximum absolute atomic E-state index is 5.20. The number of fused-ring (bicyclic) bond motifs is 1. The lowest BCUT2D eigenvalue weighted by Gasteiger charge is -2.24. The third kappa shape index (κ3) is 4.69. The van der Waals surface area contributed by atoms with Crippen LogP contribution >= 0.6 is 0 Å². The summed E-state index contributed by atoms with van der Waals surface area (Å²) in [5, 5.41) is 8.63. The smallest absolute Gasteiger partial charge is 0.150 e. The van der Waals surface area contributed by atoms with E-state index >= 15 is 0 Å². The van der Waals surface area contributed by atoms with Gasteiger partial charge in [-0.15, -0.1) is 0 Å². The van der Waals surface area contributed by atoms with E-state index in [0.29, 0.717) is 5.92 Å². The SMILES string of the molecule is CC(CN1CCCn2nc(CN(C)Cc3ccno3)cc2C1)c1ccccc1. The van der Waals surface area contributed by atoms with E-state index in [1.54, 1.807) is 6.20 Å². The fraction of sp³-hybridized carbons (Fsp3) is 0.455. The van der Waals surface area contributed by atoms with Gasteiger partial charge in [-0.25, -0.2) is 0 Å². The van der Waals surface area contributed by atoms with Crippen molar-refractivity contribution in [1.82, 2.24) is 24.7 Å². The molecule has 3 heterocycles. The van der Waals surface area contributed by atoms with E-state index in [1.807, 2.05) is 6.07 Å². The summed E-state index contributed by atoms with van der Waals surface area (Å²) in [5.41, 5.74) is 3.85. The topological polar surface area (TPSA) is 50.3 Å². The Bertz CT molecular complexity index is 858. The van der Waals surface area contributed by atoms with E-state index in [2.05, 4.69) is 70.0 Å². The summed E-state index contributed by atoms with van der Waals surface area (Å²) >= 11 is 0. The van der Waals surface area contributed by atoms with E-state index in [9.17, 15) is 0 Å². The van der Waals surface area contributed by atoms with Gasteiger partial charge in [-0.1, -0.05) is 42.4 Å². The average molecular weight is 380 g/mol. The molecule has 1 aromatic carbocycles. The molecule has 0 bridgehead atoms. The first-order valence-corrected chi connectivity index (χ1v) is 10.1. The van der Waals surface area contributed by atoms with Crippen molar-refractivity contribution < 1.29 is 4.52 Å². The lowest BCUT2D eigenvalue weighted by Crippen LogP contribution is -2.27. The van der Waals surface area contributed by atoms with Gasteiger partial charge < -0.3 is 4.52 Å². The van der Waals surface area contributed by atoms with Crippen LogP contribution in [0.1, 0.15) is 42.0 Å². The van der Waals surface area contributed by atoms with E-state index in [4.69, 9.17) is 9.62 Å². The molecule has 4 rings (SSSR count). The van der Waals surface area contributed by atoms with Crippen LogP contribution in [0.3, 0.4) is 0 Å². The quantitative estimate of drug-likeness (QED) is 0.629. The predicted octanol–water partition coefficient (Wildman–Crippen LogP) is 3.51. The molecule has 0 saturated heterocycles. The third-order valence-corrected chi connectivity index (χ3v) is 5.39. The van der Waals surface area contributed by atoms with Crippen molar-refractivity contribution in [3.05, 3.63) is 71.4 Å². The van der Waals surface area contributed by atoms with Gasteiger partial charge in [0.2, 0.25) is 0 Å². The Labute approximate surface area is 166 Å². The van der Waals surface area contributed by atoms with Crippen molar-refractivity contribution in [2.45, 2.75) is 45.4 Å². The molecule has 1 aliphatic heterocycles. The molecule has 28 heavy (non-hydrogen) atoms. The Morgan fingerprint density at radius 2 is 2.00 bits per heavy atom. The lowest BCUT2D eigenvalue weighted by molar-refractivity contribution is 0.255. The number of aryl methyl sites for hydroxylation is 1. The van der Waals surface area contributed by atoms with Crippen molar-refractivity contribution in [1.29, 1.82) is 0 Å². The Hall–Kier alpha value is -2.44. The Balaban J connectivity index is 1.38. The van der Waals surface area contributed by atoms with E-state index in [0.717, 1.165) is 57.1 Å². The van der Waals surface area contributed by atoms with Crippen LogP contribution in [0.5, 0.6) is 0 Å². The number of hydrogen-bond donors (Lipinski definition) is 0. The van der Waals surface area contributed by atoms with Crippen LogP contribution in [0, 0.1) is 0 Å². The van der Waals surface area contributed by atoms with Gasteiger partial charge in [0.15, 0.2) is 5.76 Å². The zero-order chi connectivity index (χ0) is 19.3. The molecule has 0 saturated carbocycles. The first kappa shape index (κ1) is 18.9. The Kier molecular flexibility index (Phi) is 5.88. The molecule has 0 fully saturated rings. The molecule has 1 aliphatic rings. The number of aromatic nitrogens is 3. The molecule has 1 unspecified atom stereocenters. The number of nitrogens with zero attached hydrogens (tertiary/aromatic N) is 5. The summed E-state index contributed by atoms with van der Waals surface area (Å²) in [6.45, 7) is 8.04. The molecule has 0 N–H and O–H groups in total. The molecule has 6 heteroatoms. The zero-order valence-corrected chi connectivity index (χ0v) is 16.8. The van der Waals surface area contributed by atoms with Crippen molar-refractivity contribution in [2.24, 2.45) is 0 Å². The first-order chi connectivity index (χ1) is 13.7. The number of rotatable bonds is 7. The monoisotopic (exact) mass is 379 g/mol. The number of benzene rings is 1. The van der Waals surface area contributed by atoms with Crippen molar-refractivity contribution in [3.8, 4) is 0 Å². The van der Waals surface area contributed by atoms with E-state index < -0.39 is 0 Å². The molecule has 2 aromatic heterocycles. The second kappa shape index (κ2) is 8.71. The second-order valence-corrected chi connectivity index (χ2v) is 7.90. The molecule has 148 valence electrons. The maximum Gasteiger partial charge on any atom is 0.150 e. The predicted molar refractivity (Wildman–Crippen MR) is 109 cm³/mol. The molecule has 1 atom stereocenters. The average Bonchev–Trinajstić information content (AvgIpc) is 3.28. The van der Waals surface area contributed by atoms with Crippen LogP contribution in [-0.4, -0.2) is 44.9 Å². The summed E-state index contributed by atoms with van der Waals surface area (Å²) in [4.78, 5) is 4.78. The summed E-state index contributed by atoms with van der Waals surface area (Å²) in [5.74, 6) is 1.41. The highest BCUT2D eigenvalue weighted by molar-refractivity contribution is 5.19. The third-order valence-electron chi connectivity index (χ3n) is 5.39. The highest BCUT2D eigenvalue weighted by Crippen LogP contribution is 2.20. The maximum atomic E-state index is 5.20.